The largest absolute Gasteiger partial charge is 0.481 e. The summed E-state index contributed by atoms with van der Waals surface area (Å²) in [5.41, 5.74) is 6.49. The van der Waals surface area contributed by atoms with Gasteiger partial charge in [0.25, 0.3) is 0 Å². The van der Waals surface area contributed by atoms with E-state index in [-0.39, 0.29) is 12.8 Å². The Balaban J connectivity index is 2.46. The van der Waals surface area contributed by atoms with E-state index in [1.807, 2.05) is 0 Å². The van der Waals surface area contributed by atoms with Crippen molar-refractivity contribution in [2.24, 2.45) is 11.7 Å². The van der Waals surface area contributed by atoms with E-state index in [4.69, 9.17) is 5.73 Å². The Bertz CT molecular complexity index is 1730. The number of hydrogen-bond acceptors (Lipinski definition) is 13. The topological polar surface area (TPSA) is 365 Å². The van der Waals surface area contributed by atoms with Crippen molar-refractivity contribution in [3.8, 4) is 0 Å². The molecule has 22 nitrogen and oxygen atoms in total. The second-order valence-electron chi connectivity index (χ2n) is 14.0. The van der Waals surface area contributed by atoms with E-state index >= 15 is 0 Å². The van der Waals surface area contributed by atoms with Crippen LogP contribution < -0.4 is 37.6 Å². The Morgan fingerprint density at radius 1 is 0.695 bits per heavy atom. The van der Waals surface area contributed by atoms with Crippen molar-refractivity contribution in [1.29, 1.82) is 0 Å². The lowest BCUT2D eigenvalue weighted by atomic mass is 9.96. The molecule has 326 valence electrons. The number of H-pyrrole nitrogens is 1. The van der Waals surface area contributed by atoms with Gasteiger partial charge in [-0.3, -0.25) is 33.6 Å². The van der Waals surface area contributed by atoms with E-state index in [9.17, 15) is 63.9 Å². The number of amides is 6. The minimum Gasteiger partial charge on any atom is -0.481 e. The van der Waals surface area contributed by atoms with Crippen LogP contribution in [-0.2, 0) is 51.2 Å². The number of nitrogens with zero attached hydrogens (tertiary/aromatic N) is 1. The molecule has 0 aliphatic carbocycles. The first kappa shape index (κ1) is 49.2. The van der Waals surface area contributed by atoms with Gasteiger partial charge in [-0.25, -0.2) is 9.78 Å². The SMILES string of the molecule is CC[C@H](C)[C@H](NC(=O)[C@H](Cc1ccccc1)NC(=O)[C@H](Cc1cnc[nH]1)NC(=O)[C@@H](NC(=O)[C@@H](N)CO)[C@@H](C)O)C(=O)N[C@@H](CCC(=O)O)C(=O)N[C@H](C(=O)O)[C@@H](C)O. The van der Waals surface area contributed by atoms with Crippen LogP contribution in [-0.4, -0.2) is 144 Å². The second-order valence-corrected chi connectivity index (χ2v) is 14.0. The van der Waals surface area contributed by atoms with Crippen molar-refractivity contribution in [3.05, 3.63) is 54.1 Å². The molecule has 22 heteroatoms. The van der Waals surface area contributed by atoms with Crippen molar-refractivity contribution in [3.63, 3.8) is 0 Å². The summed E-state index contributed by atoms with van der Waals surface area (Å²) in [5.74, 6) is -9.34. The van der Waals surface area contributed by atoms with Crippen molar-refractivity contribution in [1.82, 2.24) is 41.9 Å². The number of benzene rings is 1. The maximum absolute atomic E-state index is 14.1. The number of carboxylic acids is 2. The zero-order chi connectivity index (χ0) is 44.4. The lowest BCUT2D eigenvalue weighted by Gasteiger charge is -2.30. The predicted octanol–water partition coefficient (Wildman–Crippen LogP) is -3.82. The fourth-order valence-electron chi connectivity index (χ4n) is 5.56. The number of rotatable bonds is 25. The summed E-state index contributed by atoms with van der Waals surface area (Å²) < 4.78 is 0. The third kappa shape index (κ3) is 16.1. The Kier molecular flexibility index (Phi) is 20.1. The maximum atomic E-state index is 14.1. The molecule has 0 radical (unpaired) electrons. The number of aliphatic hydroxyl groups excluding tert-OH is 3. The molecule has 14 N–H and O–H groups in total. The summed E-state index contributed by atoms with van der Waals surface area (Å²) in [6.45, 7) is 4.87. The van der Waals surface area contributed by atoms with E-state index < -0.39 is 127 Å². The number of hydrogen-bond donors (Lipinski definition) is 13. The molecule has 10 atom stereocenters. The van der Waals surface area contributed by atoms with Gasteiger partial charge in [-0.1, -0.05) is 50.6 Å². The van der Waals surface area contributed by atoms with Crippen molar-refractivity contribution in [2.75, 3.05) is 6.61 Å². The number of aliphatic hydroxyl groups is 3. The van der Waals surface area contributed by atoms with Crippen LogP contribution in [0.3, 0.4) is 0 Å². The van der Waals surface area contributed by atoms with E-state index in [0.29, 0.717) is 17.7 Å². The molecule has 0 fully saturated rings. The molecule has 2 aromatic rings. The second kappa shape index (κ2) is 24.1. The van der Waals surface area contributed by atoms with Gasteiger partial charge in [-0.15, -0.1) is 0 Å². The van der Waals surface area contributed by atoms with Gasteiger partial charge in [0.1, 0.15) is 36.3 Å². The highest BCUT2D eigenvalue weighted by Gasteiger charge is 2.36. The van der Waals surface area contributed by atoms with Gasteiger partial charge in [0.2, 0.25) is 35.4 Å². The van der Waals surface area contributed by atoms with Gasteiger partial charge in [-0.05, 0) is 31.7 Å². The Morgan fingerprint density at radius 2 is 1.20 bits per heavy atom. The molecular weight excluding hydrogens is 778 g/mol. The third-order valence-corrected chi connectivity index (χ3v) is 9.24. The predicted molar refractivity (Wildman–Crippen MR) is 206 cm³/mol. The molecule has 6 amide bonds. The average Bonchev–Trinajstić information content (AvgIpc) is 3.71. The molecule has 59 heavy (non-hydrogen) atoms. The summed E-state index contributed by atoms with van der Waals surface area (Å²) in [6, 6.07) is -2.28. The number of aliphatic carboxylic acids is 2. The third-order valence-electron chi connectivity index (χ3n) is 9.24. The smallest absolute Gasteiger partial charge is 0.328 e. The van der Waals surface area contributed by atoms with Gasteiger partial charge < -0.3 is 68.2 Å². The summed E-state index contributed by atoms with van der Waals surface area (Å²) in [7, 11) is 0. The normalized spacial score (nSPS) is 16.2. The summed E-state index contributed by atoms with van der Waals surface area (Å²) >= 11 is 0. The van der Waals surface area contributed by atoms with Gasteiger partial charge in [0.15, 0.2) is 6.04 Å². The zero-order valence-corrected chi connectivity index (χ0v) is 33.1. The number of carbonyl (C=O) groups excluding carboxylic acids is 6. The first-order chi connectivity index (χ1) is 27.8. The molecule has 0 saturated heterocycles. The summed E-state index contributed by atoms with van der Waals surface area (Å²) in [5, 5.41) is 62.6. The van der Waals surface area contributed by atoms with Crippen LogP contribution in [0.2, 0.25) is 0 Å². The van der Waals surface area contributed by atoms with Crippen molar-refractivity contribution >= 4 is 47.4 Å². The monoisotopic (exact) mass is 833 g/mol. The summed E-state index contributed by atoms with van der Waals surface area (Å²) in [4.78, 5) is 111. The van der Waals surface area contributed by atoms with Gasteiger partial charge in [-0.2, -0.15) is 0 Å². The Labute approximate surface area is 339 Å². The molecule has 1 heterocycles. The fourth-order valence-corrected chi connectivity index (χ4v) is 5.56. The number of carbonyl (C=O) groups is 8. The van der Waals surface area contributed by atoms with Crippen LogP contribution in [0.4, 0.5) is 0 Å². The van der Waals surface area contributed by atoms with E-state index in [0.717, 1.165) is 6.92 Å². The number of aromatic nitrogens is 2. The van der Waals surface area contributed by atoms with Gasteiger partial charge >= 0.3 is 11.9 Å². The molecular formula is C37H55N9O13. The summed E-state index contributed by atoms with van der Waals surface area (Å²) in [6.07, 6.45) is -1.51. The van der Waals surface area contributed by atoms with Crippen LogP contribution in [0, 0.1) is 5.92 Å². The van der Waals surface area contributed by atoms with Crippen LogP contribution >= 0.6 is 0 Å². The van der Waals surface area contributed by atoms with Crippen molar-refractivity contribution in [2.45, 2.75) is 114 Å². The Morgan fingerprint density at radius 3 is 1.73 bits per heavy atom. The minimum absolute atomic E-state index is 0.136. The number of nitrogens with two attached hydrogens (primary N) is 1. The van der Waals surface area contributed by atoms with Crippen LogP contribution in [0.25, 0.3) is 0 Å². The molecule has 2 rings (SSSR count). The first-order valence-corrected chi connectivity index (χ1v) is 18.8. The van der Waals surface area contributed by atoms with Crippen molar-refractivity contribution < 1.29 is 63.9 Å². The highest BCUT2D eigenvalue weighted by molar-refractivity contribution is 5.97. The van der Waals surface area contributed by atoms with Crippen LogP contribution in [0.5, 0.6) is 0 Å². The Hall–Kier alpha value is -5.97. The van der Waals surface area contributed by atoms with E-state index in [1.54, 1.807) is 44.2 Å². The van der Waals surface area contributed by atoms with Gasteiger partial charge in [0.05, 0.1) is 25.1 Å². The van der Waals surface area contributed by atoms with Crippen LogP contribution in [0.15, 0.2) is 42.9 Å². The number of imidazole rings is 1. The van der Waals surface area contributed by atoms with Crippen LogP contribution in [0.1, 0.15) is 58.2 Å². The molecule has 1 aromatic heterocycles. The van der Waals surface area contributed by atoms with Gasteiger partial charge in [0, 0.05) is 31.2 Å². The maximum Gasteiger partial charge on any atom is 0.328 e. The number of aromatic amines is 1. The first-order valence-electron chi connectivity index (χ1n) is 18.8. The molecule has 0 aliphatic heterocycles. The quantitative estimate of drug-likeness (QED) is 0.0456. The molecule has 1 aromatic carbocycles. The lowest BCUT2D eigenvalue weighted by molar-refractivity contribution is -0.145. The molecule has 0 spiro atoms. The highest BCUT2D eigenvalue weighted by atomic mass is 16.4. The standard InChI is InChI=1S/C37H55N9O13/c1-5-18(2)28(35(56)41-24(11-12-27(50)51)32(53)46-30(20(4)49)37(58)59)44-34(55)25(13-21-9-7-6-8-10-21)42-33(54)26(14-22-15-39-17-40-22)43-36(57)29(19(3)48)45-31(52)23(38)16-47/h6-10,15,17-20,23-26,28-30,47-49H,5,11-14,16,38H2,1-4H3,(H,39,40)(H,41,56)(H,42,54)(H,43,57)(H,44,55)(H,45,52)(H,46,53)(H,50,51)(H,58,59)/t18-,19+,20+,23-,24-,25-,26-,28-,29-,30-/m0/s1. The molecule has 0 saturated carbocycles. The zero-order valence-electron chi connectivity index (χ0n) is 33.1. The fraction of sp³-hybridized carbons (Fsp3) is 0.541. The molecule has 0 aliphatic rings. The number of carboxylic acid groups (broad SMARTS) is 2. The number of nitrogens with one attached hydrogen (secondary N) is 7. The average molecular weight is 834 g/mol. The highest BCUT2D eigenvalue weighted by Crippen LogP contribution is 2.13. The van der Waals surface area contributed by atoms with E-state index in [2.05, 4.69) is 41.9 Å². The van der Waals surface area contributed by atoms with E-state index in [1.165, 1.54) is 19.4 Å². The molecule has 0 bridgehead atoms. The lowest BCUT2D eigenvalue weighted by Crippen LogP contribution is -2.62. The minimum atomic E-state index is -1.79. The molecule has 0 unspecified atom stereocenters.